The second-order valence-corrected chi connectivity index (χ2v) is 2.81. The molecule has 0 aromatic carbocycles. The lowest BCUT2D eigenvalue weighted by Crippen LogP contribution is -2.28. The summed E-state index contributed by atoms with van der Waals surface area (Å²) in [5, 5.41) is 9.04. The smallest absolute Gasteiger partial charge is 0.0693 e. The lowest BCUT2D eigenvalue weighted by molar-refractivity contribution is 0.162. The average molecular weight is 115 g/mol. The van der Waals surface area contributed by atoms with E-state index in [0.29, 0.717) is 5.92 Å². The van der Waals surface area contributed by atoms with Gasteiger partial charge < -0.3 is 10.8 Å². The number of aliphatic hydroxyl groups is 1. The van der Waals surface area contributed by atoms with Crippen LogP contribution in [0.1, 0.15) is 19.8 Å². The number of rotatable bonds is 0. The average Bonchev–Trinajstić information content (AvgIpc) is 1.85. The van der Waals surface area contributed by atoms with E-state index in [1.54, 1.807) is 0 Å². The summed E-state index contributed by atoms with van der Waals surface area (Å²) in [5.41, 5.74) is 5.52. The molecule has 48 valence electrons. The summed E-state index contributed by atoms with van der Waals surface area (Å²) in [6.45, 7) is 2.12. The maximum absolute atomic E-state index is 9.04. The molecule has 3 N–H and O–H groups in total. The van der Waals surface area contributed by atoms with E-state index in [1.165, 1.54) is 0 Å². The van der Waals surface area contributed by atoms with Crippen LogP contribution >= 0.6 is 0 Å². The Morgan fingerprint density at radius 3 is 2.25 bits per heavy atom. The quantitative estimate of drug-likeness (QED) is 0.470. The topological polar surface area (TPSA) is 46.2 Å². The first kappa shape index (κ1) is 6.05. The van der Waals surface area contributed by atoms with Crippen LogP contribution in [0.3, 0.4) is 0 Å². The van der Waals surface area contributed by atoms with Crippen LogP contribution in [-0.4, -0.2) is 17.3 Å². The molecule has 0 radical (unpaired) electrons. The van der Waals surface area contributed by atoms with Crippen LogP contribution in [0.2, 0.25) is 0 Å². The minimum absolute atomic E-state index is 0.0463. The van der Waals surface area contributed by atoms with E-state index >= 15 is 0 Å². The van der Waals surface area contributed by atoms with Gasteiger partial charge in [-0.15, -0.1) is 0 Å². The van der Waals surface area contributed by atoms with E-state index in [2.05, 4.69) is 6.92 Å². The molecule has 0 heterocycles. The summed E-state index contributed by atoms with van der Waals surface area (Å²) >= 11 is 0. The Hall–Kier alpha value is -0.0800. The lowest BCUT2D eigenvalue weighted by Gasteiger charge is -2.04. The summed E-state index contributed by atoms with van der Waals surface area (Å²) in [4.78, 5) is 0. The Morgan fingerprint density at radius 1 is 1.50 bits per heavy atom. The second kappa shape index (κ2) is 2.03. The van der Waals surface area contributed by atoms with Crippen LogP contribution in [0, 0.1) is 5.92 Å². The van der Waals surface area contributed by atoms with Gasteiger partial charge in [0.2, 0.25) is 0 Å². The standard InChI is InChI=1S/C6H13NO/c1-4-2-5(7)6(8)3-4/h4-6,8H,2-3,7H2,1H3. The fourth-order valence-corrected chi connectivity index (χ4v) is 1.30. The van der Waals surface area contributed by atoms with Gasteiger partial charge in [0.15, 0.2) is 0 Å². The zero-order chi connectivity index (χ0) is 6.15. The highest BCUT2D eigenvalue weighted by Crippen LogP contribution is 2.23. The van der Waals surface area contributed by atoms with Crippen molar-refractivity contribution in [1.29, 1.82) is 0 Å². The molecule has 0 aliphatic heterocycles. The number of hydrogen-bond donors (Lipinski definition) is 2. The molecule has 0 aromatic rings. The zero-order valence-corrected chi connectivity index (χ0v) is 5.17. The van der Waals surface area contributed by atoms with Crippen LogP contribution in [0.4, 0.5) is 0 Å². The Balaban J connectivity index is 2.39. The normalized spacial score (nSPS) is 47.6. The monoisotopic (exact) mass is 115 g/mol. The van der Waals surface area contributed by atoms with Crippen LogP contribution in [0.25, 0.3) is 0 Å². The third-order valence-corrected chi connectivity index (χ3v) is 1.81. The molecule has 1 aliphatic carbocycles. The van der Waals surface area contributed by atoms with Crippen LogP contribution in [0.5, 0.6) is 0 Å². The Labute approximate surface area is 49.7 Å². The first-order valence-electron chi connectivity index (χ1n) is 3.14. The minimum Gasteiger partial charge on any atom is -0.392 e. The molecule has 2 nitrogen and oxygen atoms in total. The van der Waals surface area contributed by atoms with Crippen LogP contribution in [-0.2, 0) is 0 Å². The van der Waals surface area contributed by atoms with Crippen molar-refractivity contribution >= 4 is 0 Å². The molecule has 1 saturated carbocycles. The Bertz CT molecular complexity index is 74.6. The summed E-state index contributed by atoms with van der Waals surface area (Å²) in [6.07, 6.45) is 1.65. The van der Waals surface area contributed by atoms with Crippen molar-refractivity contribution in [3.05, 3.63) is 0 Å². The van der Waals surface area contributed by atoms with E-state index in [4.69, 9.17) is 10.8 Å². The first-order valence-corrected chi connectivity index (χ1v) is 3.14. The maximum atomic E-state index is 9.04. The molecule has 0 saturated heterocycles. The molecule has 1 aliphatic rings. The molecule has 1 rings (SSSR count). The van der Waals surface area contributed by atoms with Crippen molar-refractivity contribution in [2.45, 2.75) is 31.9 Å². The molecule has 0 aromatic heterocycles. The molecule has 0 spiro atoms. The maximum Gasteiger partial charge on any atom is 0.0693 e. The van der Waals surface area contributed by atoms with Gasteiger partial charge in [-0.3, -0.25) is 0 Å². The summed E-state index contributed by atoms with van der Waals surface area (Å²) in [6, 6.07) is 0.0463. The Kier molecular flexibility index (Phi) is 1.54. The summed E-state index contributed by atoms with van der Waals surface area (Å²) in [5.74, 6) is 0.625. The van der Waals surface area contributed by atoms with Crippen molar-refractivity contribution in [2.75, 3.05) is 0 Å². The SMILES string of the molecule is CC1CC(N)C(O)C1. The molecular weight excluding hydrogens is 102 g/mol. The van der Waals surface area contributed by atoms with Gasteiger partial charge in [0.25, 0.3) is 0 Å². The highest BCUT2D eigenvalue weighted by molar-refractivity contribution is 4.83. The second-order valence-electron chi connectivity index (χ2n) is 2.81. The zero-order valence-electron chi connectivity index (χ0n) is 5.17. The molecule has 3 atom stereocenters. The van der Waals surface area contributed by atoms with Crippen LogP contribution < -0.4 is 5.73 Å². The van der Waals surface area contributed by atoms with E-state index in [1.807, 2.05) is 0 Å². The van der Waals surface area contributed by atoms with Crippen molar-refractivity contribution in [2.24, 2.45) is 11.7 Å². The van der Waals surface area contributed by atoms with Gasteiger partial charge in [-0.2, -0.15) is 0 Å². The first-order chi connectivity index (χ1) is 3.70. The van der Waals surface area contributed by atoms with Gasteiger partial charge in [0.1, 0.15) is 0 Å². The molecule has 8 heavy (non-hydrogen) atoms. The molecular formula is C6H13NO. The molecule has 3 unspecified atom stereocenters. The number of nitrogens with two attached hydrogens (primary N) is 1. The molecule has 0 amide bonds. The van der Waals surface area contributed by atoms with Gasteiger partial charge in [0, 0.05) is 6.04 Å². The largest absolute Gasteiger partial charge is 0.392 e. The van der Waals surface area contributed by atoms with E-state index in [0.717, 1.165) is 12.8 Å². The van der Waals surface area contributed by atoms with Gasteiger partial charge >= 0.3 is 0 Å². The van der Waals surface area contributed by atoms with E-state index < -0.39 is 0 Å². The van der Waals surface area contributed by atoms with Gasteiger partial charge in [0.05, 0.1) is 6.10 Å². The van der Waals surface area contributed by atoms with E-state index in [9.17, 15) is 0 Å². The minimum atomic E-state index is -0.231. The summed E-state index contributed by atoms with van der Waals surface area (Å²) in [7, 11) is 0. The molecule has 1 fully saturated rings. The molecule has 2 heteroatoms. The predicted octanol–water partition coefficient (Wildman–Crippen LogP) is 0.104. The Morgan fingerprint density at radius 2 is 2.12 bits per heavy atom. The van der Waals surface area contributed by atoms with Gasteiger partial charge in [-0.25, -0.2) is 0 Å². The third kappa shape index (κ3) is 1.01. The highest BCUT2D eigenvalue weighted by Gasteiger charge is 2.26. The molecule has 0 bridgehead atoms. The van der Waals surface area contributed by atoms with Crippen molar-refractivity contribution in [3.63, 3.8) is 0 Å². The highest BCUT2D eigenvalue weighted by atomic mass is 16.3. The van der Waals surface area contributed by atoms with Crippen molar-refractivity contribution in [3.8, 4) is 0 Å². The van der Waals surface area contributed by atoms with Gasteiger partial charge in [-0.05, 0) is 18.8 Å². The lowest BCUT2D eigenvalue weighted by atomic mass is 10.1. The predicted molar refractivity (Wildman–Crippen MR) is 32.4 cm³/mol. The van der Waals surface area contributed by atoms with Crippen LogP contribution in [0.15, 0.2) is 0 Å². The van der Waals surface area contributed by atoms with Crippen molar-refractivity contribution in [1.82, 2.24) is 0 Å². The van der Waals surface area contributed by atoms with Gasteiger partial charge in [-0.1, -0.05) is 6.92 Å². The summed E-state index contributed by atoms with van der Waals surface area (Å²) < 4.78 is 0. The number of aliphatic hydroxyl groups excluding tert-OH is 1. The number of hydrogen-bond acceptors (Lipinski definition) is 2. The fourth-order valence-electron chi connectivity index (χ4n) is 1.30. The van der Waals surface area contributed by atoms with Crippen molar-refractivity contribution < 1.29 is 5.11 Å². The third-order valence-electron chi connectivity index (χ3n) is 1.81. The van der Waals surface area contributed by atoms with E-state index in [-0.39, 0.29) is 12.1 Å². The fraction of sp³-hybridized carbons (Fsp3) is 1.00.